The average Bonchev–Trinajstić information content (AvgIpc) is 3.38. The fraction of sp³-hybridized carbons (Fsp3) is 0.160. The molecule has 0 amide bonds. The van der Waals surface area contributed by atoms with Gasteiger partial charge < -0.3 is 10.2 Å². The summed E-state index contributed by atoms with van der Waals surface area (Å²) in [7, 11) is 0. The van der Waals surface area contributed by atoms with Crippen molar-refractivity contribution < 1.29 is 14.6 Å². The standard InChI is InChI=1S/C25H20FN7O3/c26-20-7-2-1-5-16(20)15-33-23-19(6-3-11-28-23)22(29-33)24-30-32(12-4-10-27)25(36)31(24)14-17-8-9-18(34)13-21(17)35/h1-3,5-9,11,13,34-35H,4,12,14-15H2. The Morgan fingerprint density at radius 1 is 0.972 bits per heavy atom. The van der Waals surface area contributed by atoms with Gasteiger partial charge in [-0.15, -0.1) is 5.10 Å². The number of pyridine rings is 1. The number of fused-ring (bicyclic) bond motifs is 1. The first kappa shape index (κ1) is 22.8. The van der Waals surface area contributed by atoms with Crippen LogP contribution in [0, 0.1) is 17.1 Å². The summed E-state index contributed by atoms with van der Waals surface area (Å²) >= 11 is 0. The highest BCUT2D eigenvalue weighted by Gasteiger charge is 2.23. The number of benzene rings is 2. The molecule has 10 nitrogen and oxygen atoms in total. The van der Waals surface area contributed by atoms with Crippen molar-refractivity contribution in [1.82, 2.24) is 29.1 Å². The highest BCUT2D eigenvalue weighted by molar-refractivity contribution is 5.89. The molecule has 3 heterocycles. The van der Waals surface area contributed by atoms with E-state index in [1.165, 1.54) is 33.5 Å². The molecule has 0 bridgehead atoms. The van der Waals surface area contributed by atoms with Crippen LogP contribution in [0.3, 0.4) is 0 Å². The van der Waals surface area contributed by atoms with Crippen molar-refractivity contribution >= 4 is 11.0 Å². The molecule has 0 fully saturated rings. The predicted octanol–water partition coefficient (Wildman–Crippen LogP) is 3.02. The van der Waals surface area contributed by atoms with Crippen molar-refractivity contribution in [3.05, 3.63) is 88.2 Å². The molecule has 36 heavy (non-hydrogen) atoms. The first-order valence-electron chi connectivity index (χ1n) is 11.1. The molecular weight excluding hydrogens is 465 g/mol. The van der Waals surface area contributed by atoms with E-state index in [9.17, 15) is 19.4 Å². The molecule has 180 valence electrons. The van der Waals surface area contributed by atoms with Gasteiger partial charge in [0.2, 0.25) is 0 Å². The van der Waals surface area contributed by atoms with Gasteiger partial charge in [-0.25, -0.2) is 23.5 Å². The van der Waals surface area contributed by atoms with Crippen LogP contribution < -0.4 is 5.69 Å². The number of aryl methyl sites for hydroxylation is 1. The summed E-state index contributed by atoms with van der Waals surface area (Å²) in [5.74, 6) is -0.471. The quantitative estimate of drug-likeness (QED) is 0.362. The molecule has 0 aliphatic carbocycles. The van der Waals surface area contributed by atoms with Gasteiger partial charge in [0.1, 0.15) is 23.0 Å². The van der Waals surface area contributed by atoms with Crippen LogP contribution in [0.2, 0.25) is 0 Å². The molecule has 5 rings (SSSR count). The van der Waals surface area contributed by atoms with E-state index in [1.54, 1.807) is 41.2 Å². The summed E-state index contributed by atoms with van der Waals surface area (Å²) in [6.45, 7) is 0.121. The number of phenols is 2. The third-order valence-electron chi connectivity index (χ3n) is 5.75. The highest BCUT2D eigenvalue weighted by atomic mass is 19.1. The summed E-state index contributed by atoms with van der Waals surface area (Å²) in [5, 5.41) is 38.7. The third-order valence-corrected chi connectivity index (χ3v) is 5.75. The van der Waals surface area contributed by atoms with Crippen molar-refractivity contribution in [2.45, 2.75) is 26.1 Å². The normalized spacial score (nSPS) is 11.1. The van der Waals surface area contributed by atoms with Crippen LogP contribution in [0.25, 0.3) is 22.6 Å². The van der Waals surface area contributed by atoms with E-state index >= 15 is 0 Å². The van der Waals surface area contributed by atoms with Gasteiger partial charge in [0.05, 0.1) is 37.5 Å². The molecule has 0 unspecified atom stereocenters. The second kappa shape index (κ2) is 9.34. The Hall–Kier alpha value is -4.98. The van der Waals surface area contributed by atoms with E-state index < -0.39 is 5.69 Å². The number of nitriles is 1. The zero-order chi connectivity index (χ0) is 25.2. The van der Waals surface area contributed by atoms with E-state index in [0.29, 0.717) is 27.9 Å². The Balaban J connectivity index is 1.67. The fourth-order valence-corrected chi connectivity index (χ4v) is 3.99. The Morgan fingerprint density at radius 2 is 1.81 bits per heavy atom. The molecular formula is C25H20FN7O3. The molecule has 0 aliphatic heterocycles. The number of halogens is 1. The Kier molecular flexibility index (Phi) is 5.92. The lowest BCUT2D eigenvalue weighted by atomic mass is 10.2. The first-order chi connectivity index (χ1) is 17.5. The minimum atomic E-state index is -0.492. The summed E-state index contributed by atoms with van der Waals surface area (Å²) in [4.78, 5) is 17.7. The monoisotopic (exact) mass is 485 g/mol. The summed E-state index contributed by atoms with van der Waals surface area (Å²) in [5.41, 5.74) is 1.14. The van der Waals surface area contributed by atoms with E-state index in [1.807, 2.05) is 6.07 Å². The van der Waals surface area contributed by atoms with Crippen LogP contribution in [0.4, 0.5) is 4.39 Å². The molecule has 0 saturated heterocycles. The number of nitrogens with zero attached hydrogens (tertiary/aromatic N) is 7. The van der Waals surface area contributed by atoms with Crippen LogP contribution in [0.1, 0.15) is 17.5 Å². The summed E-state index contributed by atoms with van der Waals surface area (Å²) in [6, 6.07) is 16.0. The second-order valence-corrected chi connectivity index (χ2v) is 8.11. The molecule has 5 aromatic rings. The topological polar surface area (TPSA) is 135 Å². The lowest BCUT2D eigenvalue weighted by Crippen LogP contribution is -2.25. The number of hydrogen-bond acceptors (Lipinski definition) is 7. The highest BCUT2D eigenvalue weighted by Crippen LogP contribution is 2.28. The zero-order valence-electron chi connectivity index (χ0n) is 18.9. The zero-order valence-corrected chi connectivity index (χ0v) is 18.9. The fourth-order valence-electron chi connectivity index (χ4n) is 3.99. The van der Waals surface area contributed by atoms with Crippen molar-refractivity contribution in [3.63, 3.8) is 0 Å². The SMILES string of the molecule is N#CCCn1nc(-c2nn(Cc3ccccc3F)c3ncccc23)n(Cc2ccc(O)cc2O)c1=O. The molecule has 0 aliphatic rings. The number of aromatic hydroxyl groups is 2. The van der Waals surface area contributed by atoms with Crippen LogP contribution in [0.5, 0.6) is 11.5 Å². The number of hydrogen-bond donors (Lipinski definition) is 2. The minimum absolute atomic E-state index is 0.0608. The van der Waals surface area contributed by atoms with Crippen LogP contribution in [0.15, 0.2) is 65.6 Å². The third kappa shape index (κ3) is 4.16. The number of phenolic OH excluding ortho intramolecular Hbond substituents is 2. The summed E-state index contributed by atoms with van der Waals surface area (Å²) < 4.78 is 18.4. The lowest BCUT2D eigenvalue weighted by molar-refractivity contribution is 0.444. The van der Waals surface area contributed by atoms with Gasteiger partial charge >= 0.3 is 5.69 Å². The smallest absolute Gasteiger partial charge is 0.346 e. The second-order valence-electron chi connectivity index (χ2n) is 8.11. The van der Waals surface area contributed by atoms with Crippen LogP contribution >= 0.6 is 0 Å². The van der Waals surface area contributed by atoms with Gasteiger partial charge in [-0.3, -0.25) is 4.57 Å². The molecule has 0 saturated carbocycles. The van der Waals surface area contributed by atoms with E-state index in [-0.39, 0.29) is 49.2 Å². The minimum Gasteiger partial charge on any atom is -0.508 e. The molecule has 2 aromatic carbocycles. The van der Waals surface area contributed by atoms with Gasteiger partial charge in [-0.05, 0) is 30.3 Å². The molecule has 0 radical (unpaired) electrons. The maximum atomic E-state index is 14.4. The van der Waals surface area contributed by atoms with E-state index in [0.717, 1.165) is 0 Å². The van der Waals surface area contributed by atoms with Crippen LogP contribution in [-0.4, -0.2) is 39.3 Å². The van der Waals surface area contributed by atoms with Gasteiger partial charge in [-0.2, -0.15) is 10.4 Å². The molecule has 0 spiro atoms. The molecule has 2 N–H and O–H groups in total. The van der Waals surface area contributed by atoms with Gasteiger partial charge in [0.25, 0.3) is 0 Å². The molecule has 11 heteroatoms. The average molecular weight is 485 g/mol. The van der Waals surface area contributed by atoms with Crippen molar-refractivity contribution in [2.24, 2.45) is 0 Å². The largest absolute Gasteiger partial charge is 0.508 e. The Bertz CT molecular complexity index is 1680. The van der Waals surface area contributed by atoms with E-state index in [4.69, 9.17) is 5.26 Å². The van der Waals surface area contributed by atoms with Crippen molar-refractivity contribution in [2.75, 3.05) is 0 Å². The predicted molar refractivity (Wildman–Crippen MR) is 128 cm³/mol. The van der Waals surface area contributed by atoms with Gasteiger partial charge in [0, 0.05) is 23.4 Å². The van der Waals surface area contributed by atoms with Gasteiger partial charge in [0.15, 0.2) is 11.5 Å². The Labute approximate surface area is 203 Å². The maximum Gasteiger partial charge on any atom is 0.346 e. The van der Waals surface area contributed by atoms with E-state index in [2.05, 4.69) is 15.2 Å². The first-order valence-corrected chi connectivity index (χ1v) is 11.1. The Morgan fingerprint density at radius 3 is 2.58 bits per heavy atom. The van der Waals surface area contributed by atoms with Crippen molar-refractivity contribution in [1.29, 1.82) is 5.26 Å². The number of rotatable bonds is 7. The molecule has 0 atom stereocenters. The maximum absolute atomic E-state index is 14.4. The summed E-state index contributed by atoms with van der Waals surface area (Å²) in [6.07, 6.45) is 1.67. The van der Waals surface area contributed by atoms with Crippen molar-refractivity contribution in [3.8, 4) is 29.1 Å². The van der Waals surface area contributed by atoms with Crippen LogP contribution in [-0.2, 0) is 19.6 Å². The number of aromatic nitrogens is 6. The lowest BCUT2D eigenvalue weighted by Gasteiger charge is -2.07. The van der Waals surface area contributed by atoms with Gasteiger partial charge in [-0.1, -0.05) is 18.2 Å². The molecule has 3 aromatic heterocycles.